The third kappa shape index (κ3) is 4.59. The van der Waals surface area contributed by atoms with E-state index in [1.54, 1.807) is 0 Å². The van der Waals surface area contributed by atoms with Gasteiger partial charge in [-0.1, -0.05) is 55.0 Å². The predicted octanol–water partition coefficient (Wildman–Crippen LogP) is 4.34. The number of benzene rings is 2. The van der Waals surface area contributed by atoms with Gasteiger partial charge in [0.05, 0.1) is 6.04 Å². The summed E-state index contributed by atoms with van der Waals surface area (Å²) in [6.07, 6.45) is 0.143. The van der Waals surface area contributed by atoms with Gasteiger partial charge in [-0.05, 0) is 44.4 Å². The van der Waals surface area contributed by atoms with Gasteiger partial charge in [0.15, 0.2) is 6.10 Å². The fourth-order valence-corrected chi connectivity index (χ4v) is 2.41. The summed E-state index contributed by atoms with van der Waals surface area (Å²) in [5.74, 6) is 0.682. The Morgan fingerprint density at radius 3 is 2.35 bits per heavy atom. The van der Waals surface area contributed by atoms with Gasteiger partial charge in [0.1, 0.15) is 5.75 Å². The van der Waals surface area contributed by atoms with Crippen LogP contribution in [-0.2, 0) is 4.79 Å². The molecule has 0 aliphatic heterocycles. The molecule has 0 fully saturated rings. The second kappa shape index (κ2) is 7.82. The van der Waals surface area contributed by atoms with Crippen LogP contribution in [0.5, 0.6) is 5.75 Å². The number of aryl methyl sites for hydroxylation is 2. The molecular formula is C20H25NO2. The molecular weight excluding hydrogens is 286 g/mol. The van der Waals surface area contributed by atoms with E-state index in [2.05, 4.69) is 24.4 Å². The average molecular weight is 311 g/mol. The summed E-state index contributed by atoms with van der Waals surface area (Å²) in [6, 6.07) is 15.9. The maximum Gasteiger partial charge on any atom is 0.261 e. The Balaban J connectivity index is 2.02. The van der Waals surface area contributed by atoms with Crippen molar-refractivity contribution in [3.8, 4) is 5.75 Å². The van der Waals surface area contributed by atoms with Crippen molar-refractivity contribution < 1.29 is 9.53 Å². The van der Waals surface area contributed by atoms with Gasteiger partial charge in [-0.3, -0.25) is 4.79 Å². The van der Waals surface area contributed by atoms with Crippen molar-refractivity contribution in [2.24, 2.45) is 0 Å². The van der Waals surface area contributed by atoms with Crippen LogP contribution in [0.25, 0.3) is 0 Å². The first kappa shape index (κ1) is 17.1. The van der Waals surface area contributed by atoms with Gasteiger partial charge >= 0.3 is 0 Å². The fourth-order valence-electron chi connectivity index (χ4n) is 2.41. The van der Waals surface area contributed by atoms with E-state index in [9.17, 15) is 4.79 Å². The van der Waals surface area contributed by atoms with Crippen molar-refractivity contribution in [3.05, 3.63) is 65.2 Å². The number of nitrogens with one attached hydrogen (secondary N) is 1. The lowest BCUT2D eigenvalue weighted by molar-refractivity contribution is -0.128. The number of ether oxygens (including phenoxy) is 1. The lowest BCUT2D eigenvalue weighted by Crippen LogP contribution is -2.39. The van der Waals surface area contributed by atoms with Crippen molar-refractivity contribution in [1.82, 2.24) is 5.32 Å². The molecule has 1 N–H and O–H groups in total. The third-order valence-corrected chi connectivity index (χ3v) is 3.96. The van der Waals surface area contributed by atoms with Gasteiger partial charge in [-0.15, -0.1) is 0 Å². The highest BCUT2D eigenvalue weighted by molar-refractivity contribution is 5.81. The molecule has 2 aromatic carbocycles. The molecule has 2 aromatic rings. The summed E-state index contributed by atoms with van der Waals surface area (Å²) in [6.45, 7) is 7.98. The third-order valence-electron chi connectivity index (χ3n) is 3.96. The Labute approximate surface area is 138 Å². The van der Waals surface area contributed by atoms with Gasteiger partial charge in [-0.25, -0.2) is 0 Å². The molecule has 0 saturated carbocycles. The number of carbonyl (C=O) groups is 1. The summed E-state index contributed by atoms with van der Waals surface area (Å²) >= 11 is 0. The minimum Gasteiger partial charge on any atom is -0.480 e. The van der Waals surface area contributed by atoms with Crippen LogP contribution in [0, 0.1) is 13.8 Å². The van der Waals surface area contributed by atoms with E-state index in [1.165, 1.54) is 5.56 Å². The Hall–Kier alpha value is -2.29. The molecule has 2 rings (SSSR count). The van der Waals surface area contributed by atoms with Crippen LogP contribution in [0.1, 0.15) is 43.0 Å². The molecule has 0 saturated heterocycles. The SMILES string of the molecule is CC[C@H](Oc1ccccc1C)C(=O)N[C@H](C)c1ccc(C)cc1. The Bertz CT molecular complexity index is 649. The first-order chi connectivity index (χ1) is 11.0. The number of hydrogen-bond acceptors (Lipinski definition) is 2. The van der Waals surface area contributed by atoms with E-state index in [0.717, 1.165) is 16.9 Å². The summed E-state index contributed by atoms with van der Waals surface area (Å²) in [5.41, 5.74) is 3.33. The largest absolute Gasteiger partial charge is 0.480 e. The van der Waals surface area contributed by atoms with Crippen LogP contribution in [0.3, 0.4) is 0 Å². The molecule has 0 bridgehead atoms. The van der Waals surface area contributed by atoms with Crippen LogP contribution < -0.4 is 10.1 Å². The van der Waals surface area contributed by atoms with Gasteiger partial charge in [0.25, 0.3) is 5.91 Å². The van der Waals surface area contributed by atoms with Crippen LogP contribution in [-0.4, -0.2) is 12.0 Å². The quantitative estimate of drug-likeness (QED) is 0.862. The van der Waals surface area contributed by atoms with Gasteiger partial charge in [-0.2, -0.15) is 0 Å². The summed E-state index contributed by atoms with van der Waals surface area (Å²) < 4.78 is 5.90. The fraction of sp³-hybridized carbons (Fsp3) is 0.350. The minimum atomic E-state index is -0.482. The van der Waals surface area contributed by atoms with E-state index in [0.29, 0.717) is 6.42 Å². The van der Waals surface area contributed by atoms with Crippen molar-refractivity contribution in [2.75, 3.05) is 0 Å². The maximum absolute atomic E-state index is 12.5. The Morgan fingerprint density at radius 2 is 1.74 bits per heavy atom. The van der Waals surface area contributed by atoms with Gasteiger partial charge < -0.3 is 10.1 Å². The second-order valence-corrected chi connectivity index (χ2v) is 5.92. The molecule has 0 radical (unpaired) electrons. The smallest absolute Gasteiger partial charge is 0.261 e. The second-order valence-electron chi connectivity index (χ2n) is 5.92. The van der Waals surface area contributed by atoms with Crippen molar-refractivity contribution in [1.29, 1.82) is 0 Å². The zero-order valence-electron chi connectivity index (χ0n) is 14.3. The Kier molecular flexibility index (Phi) is 5.80. The molecule has 0 spiro atoms. The predicted molar refractivity (Wildman–Crippen MR) is 93.6 cm³/mol. The van der Waals surface area contributed by atoms with Gasteiger partial charge in [0, 0.05) is 0 Å². The normalized spacial score (nSPS) is 13.2. The average Bonchev–Trinajstić information content (AvgIpc) is 2.54. The van der Waals surface area contributed by atoms with Crippen molar-refractivity contribution in [2.45, 2.75) is 46.3 Å². The number of para-hydroxylation sites is 1. The maximum atomic E-state index is 12.5. The first-order valence-corrected chi connectivity index (χ1v) is 8.10. The highest BCUT2D eigenvalue weighted by Crippen LogP contribution is 2.20. The molecule has 0 aromatic heterocycles. The monoisotopic (exact) mass is 311 g/mol. The van der Waals surface area contributed by atoms with Crippen molar-refractivity contribution in [3.63, 3.8) is 0 Å². The molecule has 122 valence electrons. The molecule has 3 nitrogen and oxygen atoms in total. The Morgan fingerprint density at radius 1 is 1.09 bits per heavy atom. The zero-order valence-corrected chi connectivity index (χ0v) is 14.3. The van der Waals surface area contributed by atoms with Crippen LogP contribution >= 0.6 is 0 Å². The number of rotatable bonds is 6. The van der Waals surface area contributed by atoms with E-state index in [4.69, 9.17) is 4.74 Å². The highest BCUT2D eigenvalue weighted by atomic mass is 16.5. The topological polar surface area (TPSA) is 38.3 Å². The van der Waals surface area contributed by atoms with E-state index < -0.39 is 6.10 Å². The van der Waals surface area contributed by atoms with Crippen LogP contribution in [0.4, 0.5) is 0 Å². The van der Waals surface area contributed by atoms with E-state index in [-0.39, 0.29) is 11.9 Å². The van der Waals surface area contributed by atoms with Crippen LogP contribution in [0.15, 0.2) is 48.5 Å². The number of hydrogen-bond donors (Lipinski definition) is 1. The summed E-state index contributed by atoms with van der Waals surface area (Å²) in [5, 5.41) is 3.04. The number of amides is 1. The molecule has 23 heavy (non-hydrogen) atoms. The zero-order chi connectivity index (χ0) is 16.8. The van der Waals surface area contributed by atoms with Crippen LogP contribution in [0.2, 0.25) is 0 Å². The summed E-state index contributed by atoms with van der Waals surface area (Å²) in [4.78, 5) is 12.5. The molecule has 1 amide bonds. The lowest BCUT2D eigenvalue weighted by atomic mass is 10.1. The highest BCUT2D eigenvalue weighted by Gasteiger charge is 2.21. The lowest BCUT2D eigenvalue weighted by Gasteiger charge is -2.21. The molecule has 0 heterocycles. The minimum absolute atomic E-state index is 0.0439. The van der Waals surface area contributed by atoms with Crippen molar-refractivity contribution >= 4 is 5.91 Å². The molecule has 0 aliphatic rings. The molecule has 0 aliphatic carbocycles. The van der Waals surface area contributed by atoms with E-state index >= 15 is 0 Å². The standard InChI is InChI=1S/C20H25NO2/c1-5-18(23-19-9-7-6-8-15(19)3)20(22)21-16(4)17-12-10-14(2)11-13-17/h6-13,16,18H,5H2,1-4H3,(H,21,22)/t16-,18+/m1/s1. The first-order valence-electron chi connectivity index (χ1n) is 8.10. The number of carbonyl (C=O) groups excluding carboxylic acids is 1. The van der Waals surface area contributed by atoms with E-state index in [1.807, 2.05) is 57.2 Å². The molecule has 3 heteroatoms. The molecule has 0 unspecified atom stereocenters. The summed E-state index contributed by atoms with van der Waals surface area (Å²) in [7, 11) is 0. The van der Waals surface area contributed by atoms with Gasteiger partial charge in [0.2, 0.25) is 0 Å². The molecule has 2 atom stereocenters.